The summed E-state index contributed by atoms with van der Waals surface area (Å²) < 4.78 is 12.4. The Morgan fingerprint density at radius 1 is 1.19 bits per heavy atom. The molecule has 0 saturated heterocycles. The van der Waals surface area contributed by atoms with Gasteiger partial charge in [0.15, 0.2) is 11.5 Å². The number of methoxy groups -OCH3 is 2. The van der Waals surface area contributed by atoms with Crippen LogP contribution in [0.25, 0.3) is 0 Å². The highest BCUT2D eigenvalue weighted by molar-refractivity contribution is 5.91. The van der Waals surface area contributed by atoms with E-state index < -0.39 is 0 Å². The number of aromatic nitrogens is 1. The Balaban J connectivity index is 1.95. The van der Waals surface area contributed by atoms with Crippen LogP contribution in [0.15, 0.2) is 36.5 Å². The van der Waals surface area contributed by atoms with Crippen molar-refractivity contribution in [3.63, 3.8) is 0 Å². The van der Waals surface area contributed by atoms with Gasteiger partial charge < -0.3 is 19.4 Å². The van der Waals surface area contributed by atoms with E-state index in [1.165, 1.54) is 0 Å². The first kappa shape index (κ1) is 15.0. The summed E-state index contributed by atoms with van der Waals surface area (Å²) in [6.07, 6.45) is 3.12. The number of carbonyl (C=O) groups is 1. The van der Waals surface area contributed by atoms with E-state index >= 15 is 0 Å². The first-order valence-electron chi connectivity index (χ1n) is 6.76. The molecule has 5 heteroatoms. The van der Waals surface area contributed by atoms with Gasteiger partial charge in [-0.1, -0.05) is 0 Å². The van der Waals surface area contributed by atoms with Crippen molar-refractivity contribution in [2.24, 2.45) is 7.05 Å². The quantitative estimate of drug-likeness (QED) is 0.889. The van der Waals surface area contributed by atoms with Crippen molar-refractivity contribution in [3.05, 3.63) is 42.2 Å². The minimum absolute atomic E-state index is 0.0246. The Morgan fingerprint density at radius 3 is 2.57 bits per heavy atom. The molecule has 0 saturated carbocycles. The van der Waals surface area contributed by atoms with Crippen molar-refractivity contribution < 1.29 is 14.3 Å². The average Bonchev–Trinajstić information content (AvgIpc) is 2.90. The second kappa shape index (κ2) is 6.83. The number of nitrogens with one attached hydrogen (secondary N) is 1. The van der Waals surface area contributed by atoms with E-state index in [1.807, 2.05) is 29.9 Å². The zero-order valence-corrected chi connectivity index (χ0v) is 12.6. The third-order valence-corrected chi connectivity index (χ3v) is 3.33. The van der Waals surface area contributed by atoms with Crippen LogP contribution in [0.1, 0.15) is 12.1 Å². The third-order valence-electron chi connectivity index (χ3n) is 3.33. The highest BCUT2D eigenvalue weighted by atomic mass is 16.5. The monoisotopic (exact) mass is 288 g/mol. The van der Waals surface area contributed by atoms with Gasteiger partial charge in [0.2, 0.25) is 5.91 Å². The van der Waals surface area contributed by atoms with Crippen molar-refractivity contribution in [1.29, 1.82) is 0 Å². The molecule has 112 valence electrons. The van der Waals surface area contributed by atoms with Gasteiger partial charge in [0.1, 0.15) is 0 Å². The Kier molecular flexibility index (Phi) is 4.87. The van der Waals surface area contributed by atoms with Gasteiger partial charge in [-0.15, -0.1) is 0 Å². The first-order valence-corrected chi connectivity index (χ1v) is 6.76. The van der Waals surface area contributed by atoms with Crippen LogP contribution < -0.4 is 14.8 Å². The fourth-order valence-corrected chi connectivity index (χ4v) is 2.14. The molecule has 21 heavy (non-hydrogen) atoms. The van der Waals surface area contributed by atoms with E-state index in [2.05, 4.69) is 5.32 Å². The summed E-state index contributed by atoms with van der Waals surface area (Å²) in [4.78, 5) is 12.0. The molecule has 0 unspecified atom stereocenters. The summed E-state index contributed by atoms with van der Waals surface area (Å²) in [6.45, 7) is 0. The van der Waals surface area contributed by atoms with Gasteiger partial charge in [-0.2, -0.15) is 0 Å². The van der Waals surface area contributed by atoms with Gasteiger partial charge in [-0.25, -0.2) is 0 Å². The normalized spacial score (nSPS) is 10.2. The molecule has 1 N–H and O–H groups in total. The highest BCUT2D eigenvalue weighted by Crippen LogP contribution is 2.29. The van der Waals surface area contributed by atoms with Crippen LogP contribution in [0, 0.1) is 0 Å². The SMILES string of the molecule is COc1ccc(NC(=O)CCc2cccn2C)cc1OC. The number of rotatable bonds is 6. The minimum atomic E-state index is -0.0246. The molecule has 1 aromatic heterocycles. The fourth-order valence-electron chi connectivity index (χ4n) is 2.14. The van der Waals surface area contributed by atoms with Gasteiger partial charge in [0.25, 0.3) is 0 Å². The molecule has 0 aliphatic carbocycles. The number of ether oxygens (including phenoxy) is 2. The van der Waals surface area contributed by atoms with E-state index in [0.29, 0.717) is 30.0 Å². The summed E-state index contributed by atoms with van der Waals surface area (Å²) >= 11 is 0. The lowest BCUT2D eigenvalue weighted by Gasteiger charge is -2.10. The van der Waals surface area contributed by atoms with E-state index in [0.717, 1.165) is 5.69 Å². The van der Waals surface area contributed by atoms with Gasteiger partial charge in [-0.05, 0) is 30.7 Å². The zero-order chi connectivity index (χ0) is 15.2. The van der Waals surface area contributed by atoms with Gasteiger partial charge in [0, 0.05) is 37.1 Å². The molecule has 2 aromatic rings. The van der Waals surface area contributed by atoms with E-state index in [-0.39, 0.29) is 5.91 Å². The Bertz CT molecular complexity index is 620. The molecule has 1 heterocycles. The topological polar surface area (TPSA) is 52.5 Å². The second-order valence-corrected chi connectivity index (χ2v) is 4.73. The number of anilines is 1. The first-order chi connectivity index (χ1) is 10.1. The van der Waals surface area contributed by atoms with E-state index in [9.17, 15) is 4.79 Å². The standard InChI is InChI=1S/C16H20N2O3/c1-18-10-4-5-13(18)7-9-16(19)17-12-6-8-14(20-2)15(11-12)21-3/h4-6,8,10-11H,7,9H2,1-3H3,(H,17,19). The predicted octanol–water partition coefficient (Wildman–Crippen LogP) is 2.61. The molecule has 0 spiro atoms. The maximum absolute atomic E-state index is 12.0. The molecular formula is C16H20N2O3. The van der Waals surface area contributed by atoms with Crippen LogP contribution in [-0.4, -0.2) is 24.7 Å². The van der Waals surface area contributed by atoms with E-state index in [4.69, 9.17) is 9.47 Å². The van der Waals surface area contributed by atoms with Crippen molar-refractivity contribution in [2.75, 3.05) is 19.5 Å². The van der Waals surface area contributed by atoms with Crippen LogP contribution in [0.4, 0.5) is 5.69 Å². The van der Waals surface area contributed by atoms with Crippen LogP contribution in [0.3, 0.4) is 0 Å². The lowest BCUT2D eigenvalue weighted by Crippen LogP contribution is -2.13. The van der Waals surface area contributed by atoms with E-state index in [1.54, 1.807) is 32.4 Å². The summed E-state index contributed by atoms with van der Waals surface area (Å²) in [5, 5.41) is 2.87. The third kappa shape index (κ3) is 3.78. The number of amides is 1. The number of carbonyl (C=O) groups excluding carboxylic acids is 1. The predicted molar refractivity (Wildman–Crippen MR) is 81.9 cm³/mol. The Morgan fingerprint density at radius 2 is 1.95 bits per heavy atom. The molecular weight excluding hydrogens is 268 g/mol. The highest BCUT2D eigenvalue weighted by Gasteiger charge is 2.08. The number of aryl methyl sites for hydroxylation is 2. The lowest BCUT2D eigenvalue weighted by molar-refractivity contribution is -0.116. The smallest absolute Gasteiger partial charge is 0.224 e. The van der Waals surface area contributed by atoms with Crippen molar-refractivity contribution in [1.82, 2.24) is 4.57 Å². The second-order valence-electron chi connectivity index (χ2n) is 4.73. The van der Waals surface area contributed by atoms with Gasteiger partial charge in [0.05, 0.1) is 14.2 Å². The molecule has 0 aliphatic heterocycles. The molecule has 5 nitrogen and oxygen atoms in total. The summed E-state index contributed by atoms with van der Waals surface area (Å²) in [5.41, 5.74) is 1.84. The number of benzene rings is 1. The molecule has 0 aliphatic rings. The molecule has 0 fully saturated rings. The van der Waals surface area contributed by atoms with Gasteiger partial charge >= 0.3 is 0 Å². The maximum atomic E-state index is 12.0. The maximum Gasteiger partial charge on any atom is 0.224 e. The lowest BCUT2D eigenvalue weighted by atomic mass is 10.2. The van der Waals surface area contributed by atoms with Crippen LogP contribution in [-0.2, 0) is 18.3 Å². The average molecular weight is 288 g/mol. The molecule has 0 atom stereocenters. The summed E-state index contributed by atoms with van der Waals surface area (Å²) in [6, 6.07) is 9.30. The number of hydrogen-bond donors (Lipinski definition) is 1. The van der Waals surface area contributed by atoms with Crippen LogP contribution >= 0.6 is 0 Å². The fraction of sp³-hybridized carbons (Fsp3) is 0.312. The van der Waals surface area contributed by atoms with Crippen LogP contribution in [0.2, 0.25) is 0 Å². The molecule has 0 bridgehead atoms. The van der Waals surface area contributed by atoms with Crippen LogP contribution in [0.5, 0.6) is 11.5 Å². The number of nitrogens with zero attached hydrogens (tertiary/aromatic N) is 1. The van der Waals surface area contributed by atoms with Crippen molar-refractivity contribution in [2.45, 2.75) is 12.8 Å². The largest absolute Gasteiger partial charge is 0.493 e. The Labute approximate surface area is 124 Å². The van der Waals surface area contributed by atoms with Crippen molar-refractivity contribution in [3.8, 4) is 11.5 Å². The molecule has 2 rings (SSSR count). The molecule has 0 radical (unpaired) electrons. The molecule has 1 aromatic carbocycles. The Hall–Kier alpha value is -2.43. The van der Waals surface area contributed by atoms with Crippen molar-refractivity contribution >= 4 is 11.6 Å². The number of hydrogen-bond acceptors (Lipinski definition) is 3. The summed E-state index contributed by atoms with van der Waals surface area (Å²) in [5.74, 6) is 1.21. The molecule has 1 amide bonds. The summed E-state index contributed by atoms with van der Waals surface area (Å²) in [7, 11) is 5.12. The minimum Gasteiger partial charge on any atom is -0.493 e. The van der Waals surface area contributed by atoms with Gasteiger partial charge in [-0.3, -0.25) is 4.79 Å². The zero-order valence-electron chi connectivity index (χ0n) is 12.6.